The lowest BCUT2D eigenvalue weighted by molar-refractivity contribution is 0.384. The average Bonchev–Trinajstić information content (AvgIpc) is 3.17. The van der Waals surface area contributed by atoms with Crippen LogP contribution in [0.15, 0.2) is 46.7 Å². The van der Waals surface area contributed by atoms with Crippen LogP contribution in [0.25, 0.3) is 0 Å². The number of sulfonamides is 1. The fourth-order valence-electron chi connectivity index (χ4n) is 3.38. The third-order valence-electron chi connectivity index (χ3n) is 4.87. The highest BCUT2D eigenvalue weighted by molar-refractivity contribution is 7.89. The number of halogens is 4. The van der Waals surface area contributed by atoms with Gasteiger partial charge in [-0.05, 0) is 42.0 Å². The van der Waals surface area contributed by atoms with Crippen molar-refractivity contribution in [1.82, 2.24) is 9.29 Å². The second-order valence-corrected chi connectivity index (χ2v) is 11.5. The lowest BCUT2D eigenvalue weighted by Gasteiger charge is -2.34. The number of nitrogens with zero attached hydrogens (tertiary/aromatic N) is 3. The molecule has 5 nitrogen and oxygen atoms in total. The second-order valence-electron chi connectivity index (χ2n) is 7.04. The molecule has 3 aromatic rings. The molecule has 1 aliphatic heterocycles. The van der Waals surface area contributed by atoms with E-state index in [1.165, 1.54) is 27.8 Å². The summed E-state index contributed by atoms with van der Waals surface area (Å²) in [6.45, 7) is 1.74. The van der Waals surface area contributed by atoms with E-state index in [9.17, 15) is 8.42 Å². The summed E-state index contributed by atoms with van der Waals surface area (Å²) < 4.78 is 27.4. The molecule has 1 fully saturated rings. The van der Waals surface area contributed by atoms with Gasteiger partial charge in [-0.3, -0.25) is 0 Å². The predicted octanol–water partition coefficient (Wildman–Crippen LogP) is 5.86. The topological polar surface area (TPSA) is 53.5 Å². The van der Waals surface area contributed by atoms with Gasteiger partial charge in [-0.2, -0.15) is 4.31 Å². The quantitative estimate of drug-likeness (QED) is 0.410. The molecule has 0 aliphatic carbocycles. The van der Waals surface area contributed by atoms with E-state index in [1.807, 2.05) is 17.5 Å². The van der Waals surface area contributed by atoms with Gasteiger partial charge in [0.15, 0.2) is 5.13 Å². The van der Waals surface area contributed by atoms with Crippen LogP contribution in [0.1, 0.15) is 11.3 Å². The van der Waals surface area contributed by atoms with E-state index in [0.29, 0.717) is 47.7 Å². The van der Waals surface area contributed by atoms with Gasteiger partial charge in [0.2, 0.25) is 10.0 Å². The summed E-state index contributed by atoms with van der Waals surface area (Å²) in [4.78, 5) is 6.83. The summed E-state index contributed by atoms with van der Waals surface area (Å²) >= 11 is 25.8. The van der Waals surface area contributed by atoms with Crippen molar-refractivity contribution in [1.29, 1.82) is 0 Å². The largest absolute Gasteiger partial charge is 0.345 e. The molecule has 31 heavy (non-hydrogen) atoms. The molecule has 0 atom stereocenters. The van der Waals surface area contributed by atoms with Gasteiger partial charge in [-0.25, -0.2) is 13.4 Å². The number of hydrogen-bond donors (Lipinski definition) is 0. The third kappa shape index (κ3) is 5.30. The summed E-state index contributed by atoms with van der Waals surface area (Å²) in [5.74, 6) is 0. The molecule has 0 saturated carbocycles. The fraction of sp³-hybridized carbons (Fsp3) is 0.250. The Morgan fingerprint density at radius 2 is 1.58 bits per heavy atom. The zero-order valence-electron chi connectivity index (χ0n) is 16.1. The van der Waals surface area contributed by atoms with Gasteiger partial charge in [0.25, 0.3) is 0 Å². The van der Waals surface area contributed by atoms with Crippen LogP contribution in [0.2, 0.25) is 20.1 Å². The van der Waals surface area contributed by atoms with Crippen molar-refractivity contribution in [2.45, 2.75) is 11.3 Å². The van der Waals surface area contributed by atoms with Crippen LogP contribution in [-0.2, 0) is 16.4 Å². The number of rotatable bonds is 5. The van der Waals surface area contributed by atoms with Crippen molar-refractivity contribution in [3.63, 3.8) is 0 Å². The molecular weight excluding hydrogens is 520 g/mol. The first-order valence-electron chi connectivity index (χ1n) is 9.32. The monoisotopic (exact) mass is 535 g/mol. The van der Waals surface area contributed by atoms with E-state index in [-0.39, 0.29) is 9.92 Å². The van der Waals surface area contributed by atoms with Gasteiger partial charge < -0.3 is 4.90 Å². The molecule has 0 unspecified atom stereocenters. The normalized spacial score (nSPS) is 15.4. The van der Waals surface area contributed by atoms with Crippen LogP contribution in [0.5, 0.6) is 0 Å². The van der Waals surface area contributed by atoms with Crippen LogP contribution in [-0.4, -0.2) is 43.9 Å². The van der Waals surface area contributed by atoms with Gasteiger partial charge in [-0.1, -0.05) is 46.4 Å². The first kappa shape index (κ1) is 23.1. The van der Waals surface area contributed by atoms with Crippen LogP contribution in [0, 0.1) is 0 Å². The Kier molecular flexibility index (Phi) is 7.03. The first-order chi connectivity index (χ1) is 14.7. The number of benzene rings is 2. The molecule has 1 aliphatic rings. The Morgan fingerprint density at radius 3 is 2.26 bits per heavy atom. The molecule has 0 N–H and O–H groups in total. The standard InChI is InChI=1S/C20H17Cl4N3O2S2/c21-14-1-2-18(24)19(11-14)31(28,29)27-5-3-26(4-6-27)20-25-17(12-30-20)9-13-7-15(22)10-16(23)8-13/h1-2,7-8,10-12H,3-6,9H2. The van der Waals surface area contributed by atoms with Crippen LogP contribution < -0.4 is 4.90 Å². The molecule has 2 heterocycles. The molecule has 0 spiro atoms. The van der Waals surface area contributed by atoms with Crippen LogP contribution >= 0.6 is 57.7 Å². The molecule has 4 rings (SSSR count). The molecule has 1 aromatic heterocycles. The van der Waals surface area contributed by atoms with E-state index in [0.717, 1.165) is 16.4 Å². The van der Waals surface area contributed by atoms with Crippen molar-refractivity contribution in [2.75, 3.05) is 31.1 Å². The highest BCUT2D eigenvalue weighted by Crippen LogP contribution is 2.30. The van der Waals surface area contributed by atoms with Crippen molar-refractivity contribution in [2.24, 2.45) is 0 Å². The minimum absolute atomic E-state index is 0.0341. The summed E-state index contributed by atoms with van der Waals surface area (Å²) in [7, 11) is -3.72. The molecule has 164 valence electrons. The maximum Gasteiger partial charge on any atom is 0.244 e. The molecular formula is C20H17Cl4N3O2S2. The Labute approximate surface area is 205 Å². The van der Waals surface area contributed by atoms with E-state index >= 15 is 0 Å². The average molecular weight is 537 g/mol. The van der Waals surface area contributed by atoms with Crippen LogP contribution in [0.3, 0.4) is 0 Å². The zero-order chi connectivity index (χ0) is 22.2. The smallest absolute Gasteiger partial charge is 0.244 e. The number of anilines is 1. The van der Waals surface area contributed by atoms with Gasteiger partial charge in [-0.15, -0.1) is 11.3 Å². The highest BCUT2D eigenvalue weighted by Gasteiger charge is 2.31. The van der Waals surface area contributed by atoms with Gasteiger partial charge in [0.1, 0.15) is 4.90 Å². The molecule has 1 saturated heterocycles. The maximum absolute atomic E-state index is 13.0. The lowest BCUT2D eigenvalue weighted by atomic mass is 10.1. The number of hydrogen-bond acceptors (Lipinski definition) is 5. The van der Waals surface area contributed by atoms with E-state index in [4.69, 9.17) is 51.4 Å². The number of thiazole rings is 1. The Balaban J connectivity index is 1.43. The van der Waals surface area contributed by atoms with Gasteiger partial charge >= 0.3 is 0 Å². The Bertz CT molecular complexity index is 1190. The molecule has 0 amide bonds. The molecule has 2 aromatic carbocycles. The number of aromatic nitrogens is 1. The third-order valence-corrected chi connectivity index (χ3v) is 8.87. The minimum Gasteiger partial charge on any atom is -0.345 e. The highest BCUT2D eigenvalue weighted by atomic mass is 35.5. The first-order valence-corrected chi connectivity index (χ1v) is 13.1. The molecule has 11 heteroatoms. The van der Waals surface area contributed by atoms with E-state index < -0.39 is 10.0 Å². The Hall–Kier alpha value is -1.06. The van der Waals surface area contributed by atoms with Gasteiger partial charge in [0.05, 0.1) is 10.7 Å². The second kappa shape index (κ2) is 9.43. The molecule has 0 bridgehead atoms. The lowest BCUT2D eigenvalue weighted by Crippen LogP contribution is -2.48. The summed E-state index contributed by atoms with van der Waals surface area (Å²) in [5, 5.41) is 4.54. The van der Waals surface area contributed by atoms with E-state index in [1.54, 1.807) is 12.1 Å². The number of piperazine rings is 1. The van der Waals surface area contributed by atoms with Crippen LogP contribution in [0.4, 0.5) is 5.13 Å². The van der Waals surface area contributed by atoms with Crippen molar-refractivity contribution in [3.05, 3.63) is 73.1 Å². The summed E-state index contributed by atoms with van der Waals surface area (Å²) in [6, 6.07) is 9.90. The SMILES string of the molecule is O=S(=O)(c1cc(Cl)ccc1Cl)N1CCN(c2nc(Cc3cc(Cl)cc(Cl)c3)cs2)CC1. The van der Waals surface area contributed by atoms with Crippen molar-refractivity contribution < 1.29 is 8.42 Å². The van der Waals surface area contributed by atoms with E-state index in [2.05, 4.69) is 4.90 Å². The maximum atomic E-state index is 13.0. The Morgan fingerprint density at radius 1 is 0.903 bits per heavy atom. The van der Waals surface area contributed by atoms with Gasteiger partial charge in [0, 0.05) is 53.0 Å². The summed E-state index contributed by atoms with van der Waals surface area (Å²) in [5.41, 5.74) is 1.91. The zero-order valence-corrected chi connectivity index (χ0v) is 20.7. The van der Waals surface area contributed by atoms with Crippen molar-refractivity contribution >= 4 is 72.9 Å². The minimum atomic E-state index is -3.72. The molecule has 0 radical (unpaired) electrons. The summed E-state index contributed by atoms with van der Waals surface area (Å²) in [6.07, 6.45) is 0.623. The van der Waals surface area contributed by atoms with Crippen molar-refractivity contribution in [3.8, 4) is 0 Å². The fourth-order valence-corrected chi connectivity index (χ4v) is 6.99. The predicted molar refractivity (Wildman–Crippen MR) is 129 cm³/mol.